The van der Waals surface area contributed by atoms with Gasteiger partial charge in [-0.1, -0.05) is 11.6 Å². The molecule has 3 nitrogen and oxygen atoms in total. The number of pyridine rings is 1. The van der Waals surface area contributed by atoms with Crippen molar-refractivity contribution in [3.05, 3.63) is 46.5 Å². The molecule has 2 aromatic rings. The maximum Gasteiger partial charge on any atom is 0.131 e. The van der Waals surface area contributed by atoms with Crippen molar-refractivity contribution in [2.24, 2.45) is 7.05 Å². The van der Waals surface area contributed by atoms with Gasteiger partial charge < -0.3 is 9.88 Å². The Morgan fingerprint density at radius 1 is 1.35 bits per heavy atom. The van der Waals surface area contributed by atoms with Crippen molar-refractivity contribution in [2.45, 2.75) is 20.4 Å². The van der Waals surface area contributed by atoms with Crippen LogP contribution in [0.15, 0.2) is 24.4 Å². The lowest BCUT2D eigenvalue weighted by Crippen LogP contribution is -2.01. The number of anilines is 1. The molecule has 0 fully saturated rings. The summed E-state index contributed by atoms with van der Waals surface area (Å²) in [6.07, 6.45) is 1.70. The summed E-state index contributed by atoms with van der Waals surface area (Å²) in [6, 6.07) is 5.94. The molecular weight excluding hydrogens is 234 g/mol. The molecular formula is C13H16ClN3. The van der Waals surface area contributed by atoms with Gasteiger partial charge in [0, 0.05) is 36.9 Å². The van der Waals surface area contributed by atoms with Crippen LogP contribution in [-0.2, 0) is 13.6 Å². The van der Waals surface area contributed by atoms with Crippen LogP contribution < -0.4 is 5.32 Å². The summed E-state index contributed by atoms with van der Waals surface area (Å²) < 4.78 is 2.19. The molecule has 1 N–H and O–H groups in total. The van der Waals surface area contributed by atoms with Gasteiger partial charge in [-0.15, -0.1) is 0 Å². The molecule has 0 aliphatic rings. The third kappa shape index (κ3) is 2.61. The van der Waals surface area contributed by atoms with Crippen LogP contribution in [0.5, 0.6) is 0 Å². The Bertz CT molecular complexity index is 531. The highest BCUT2D eigenvalue weighted by molar-refractivity contribution is 6.29. The molecule has 0 bridgehead atoms. The molecule has 2 rings (SSSR count). The second kappa shape index (κ2) is 4.80. The molecule has 0 aliphatic heterocycles. The van der Waals surface area contributed by atoms with Gasteiger partial charge in [-0.3, -0.25) is 0 Å². The van der Waals surface area contributed by atoms with Crippen molar-refractivity contribution in [3.63, 3.8) is 0 Å². The second-order valence-electron chi connectivity index (χ2n) is 4.18. The minimum absolute atomic E-state index is 0.510. The molecule has 0 saturated heterocycles. The molecule has 0 amide bonds. The smallest absolute Gasteiger partial charge is 0.131 e. The number of aryl methyl sites for hydroxylation is 1. The van der Waals surface area contributed by atoms with Gasteiger partial charge in [-0.25, -0.2) is 4.98 Å². The zero-order chi connectivity index (χ0) is 12.4. The van der Waals surface area contributed by atoms with Gasteiger partial charge in [0.2, 0.25) is 0 Å². The quantitative estimate of drug-likeness (QED) is 0.846. The minimum atomic E-state index is 0.510. The van der Waals surface area contributed by atoms with Crippen molar-refractivity contribution < 1.29 is 0 Å². The Morgan fingerprint density at radius 2 is 2.12 bits per heavy atom. The molecule has 0 aromatic carbocycles. The van der Waals surface area contributed by atoms with Gasteiger partial charge in [0.15, 0.2) is 0 Å². The zero-order valence-electron chi connectivity index (χ0n) is 10.3. The summed E-state index contributed by atoms with van der Waals surface area (Å²) in [6.45, 7) is 5.04. The maximum absolute atomic E-state index is 5.83. The molecule has 2 heterocycles. The van der Waals surface area contributed by atoms with Crippen molar-refractivity contribution in [1.82, 2.24) is 9.55 Å². The number of nitrogens with one attached hydrogen (secondary N) is 1. The van der Waals surface area contributed by atoms with Crippen molar-refractivity contribution in [2.75, 3.05) is 5.32 Å². The van der Waals surface area contributed by atoms with Crippen molar-refractivity contribution >= 4 is 17.3 Å². The minimum Gasteiger partial charge on any atom is -0.381 e. The lowest BCUT2D eigenvalue weighted by atomic mass is 10.2. The first kappa shape index (κ1) is 12.0. The highest BCUT2D eigenvalue weighted by Crippen LogP contribution is 2.17. The van der Waals surface area contributed by atoms with E-state index in [1.807, 2.05) is 12.1 Å². The summed E-state index contributed by atoms with van der Waals surface area (Å²) in [5.74, 6) is 0. The van der Waals surface area contributed by atoms with E-state index in [2.05, 4.69) is 41.8 Å². The van der Waals surface area contributed by atoms with Crippen LogP contribution in [-0.4, -0.2) is 9.55 Å². The fraction of sp³-hybridized carbons (Fsp3) is 0.308. The van der Waals surface area contributed by atoms with E-state index in [1.165, 1.54) is 17.0 Å². The van der Waals surface area contributed by atoms with E-state index in [4.69, 9.17) is 11.6 Å². The van der Waals surface area contributed by atoms with E-state index >= 15 is 0 Å². The molecule has 2 aromatic heterocycles. The summed E-state index contributed by atoms with van der Waals surface area (Å²) >= 11 is 5.83. The van der Waals surface area contributed by atoms with E-state index in [0.717, 1.165) is 12.2 Å². The molecule has 0 unspecified atom stereocenters. The Morgan fingerprint density at radius 3 is 2.71 bits per heavy atom. The van der Waals surface area contributed by atoms with Crippen LogP contribution in [0.4, 0.5) is 5.69 Å². The monoisotopic (exact) mass is 249 g/mol. The first-order valence-corrected chi connectivity index (χ1v) is 5.93. The third-order valence-corrected chi connectivity index (χ3v) is 3.30. The highest BCUT2D eigenvalue weighted by atomic mass is 35.5. The first-order valence-electron chi connectivity index (χ1n) is 5.55. The Labute approximate surface area is 106 Å². The van der Waals surface area contributed by atoms with Crippen LogP contribution in [0.1, 0.15) is 17.0 Å². The van der Waals surface area contributed by atoms with Gasteiger partial charge in [-0.2, -0.15) is 0 Å². The Kier molecular flexibility index (Phi) is 3.38. The molecule has 0 saturated carbocycles. The normalized spacial score (nSPS) is 10.6. The Balaban J connectivity index is 2.10. The van der Waals surface area contributed by atoms with Gasteiger partial charge >= 0.3 is 0 Å². The molecule has 0 radical (unpaired) electrons. The topological polar surface area (TPSA) is 29.9 Å². The van der Waals surface area contributed by atoms with Gasteiger partial charge in [0.25, 0.3) is 0 Å². The highest BCUT2D eigenvalue weighted by Gasteiger charge is 2.05. The summed E-state index contributed by atoms with van der Waals surface area (Å²) in [4.78, 5) is 3.95. The summed E-state index contributed by atoms with van der Waals surface area (Å²) in [7, 11) is 2.08. The lowest BCUT2D eigenvalue weighted by molar-refractivity contribution is 0.837. The molecule has 0 aliphatic carbocycles. The average Bonchev–Trinajstić information content (AvgIpc) is 2.54. The third-order valence-electron chi connectivity index (χ3n) is 3.09. The number of rotatable bonds is 3. The zero-order valence-corrected chi connectivity index (χ0v) is 11.0. The predicted molar refractivity (Wildman–Crippen MR) is 71.5 cm³/mol. The van der Waals surface area contributed by atoms with Crippen LogP contribution in [0.2, 0.25) is 5.15 Å². The number of halogens is 1. The van der Waals surface area contributed by atoms with Gasteiger partial charge in [0.05, 0.1) is 0 Å². The summed E-state index contributed by atoms with van der Waals surface area (Å²) in [5.41, 5.74) is 4.85. The standard InChI is InChI=1S/C13H16ClN3/c1-9-6-11(10(2)17(9)3)8-16-12-4-5-15-13(14)7-12/h4-7H,8H2,1-3H3,(H,15,16). The number of nitrogens with zero attached hydrogens (tertiary/aromatic N) is 2. The van der Waals surface area contributed by atoms with Crippen LogP contribution in [0.25, 0.3) is 0 Å². The van der Waals surface area contributed by atoms with Crippen molar-refractivity contribution in [1.29, 1.82) is 0 Å². The van der Waals surface area contributed by atoms with Gasteiger partial charge in [-0.05, 0) is 37.6 Å². The number of hydrogen-bond donors (Lipinski definition) is 1. The van der Waals surface area contributed by atoms with E-state index < -0.39 is 0 Å². The summed E-state index contributed by atoms with van der Waals surface area (Å²) in [5, 5.41) is 3.86. The van der Waals surface area contributed by atoms with Crippen molar-refractivity contribution in [3.8, 4) is 0 Å². The Hall–Kier alpha value is -1.48. The first-order chi connectivity index (χ1) is 8.08. The molecule has 0 atom stereocenters. The van der Waals surface area contributed by atoms with Crippen LogP contribution in [0, 0.1) is 13.8 Å². The average molecular weight is 250 g/mol. The number of hydrogen-bond acceptors (Lipinski definition) is 2. The van der Waals surface area contributed by atoms with Crippen LogP contribution >= 0.6 is 11.6 Å². The van der Waals surface area contributed by atoms with E-state index in [0.29, 0.717) is 5.15 Å². The number of aromatic nitrogens is 2. The molecule has 90 valence electrons. The van der Waals surface area contributed by atoms with Crippen LogP contribution in [0.3, 0.4) is 0 Å². The second-order valence-corrected chi connectivity index (χ2v) is 4.56. The molecule has 17 heavy (non-hydrogen) atoms. The van der Waals surface area contributed by atoms with E-state index in [-0.39, 0.29) is 0 Å². The predicted octanol–water partition coefficient (Wildman–Crippen LogP) is 3.30. The van der Waals surface area contributed by atoms with E-state index in [9.17, 15) is 0 Å². The molecule has 0 spiro atoms. The van der Waals surface area contributed by atoms with Gasteiger partial charge in [0.1, 0.15) is 5.15 Å². The largest absolute Gasteiger partial charge is 0.381 e. The fourth-order valence-corrected chi connectivity index (χ4v) is 2.00. The van der Waals surface area contributed by atoms with E-state index in [1.54, 1.807) is 6.20 Å². The SMILES string of the molecule is Cc1cc(CNc2ccnc(Cl)c2)c(C)n1C. The lowest BCUT2D eigenvalue weighted by Gasteiger charge is -2.06. The maximum atomic E-state index is 5.83. The molecule has 4 heteroatoms. The fourth-order valence-electron chi connectivity index (χ4n) is 1.82.